The number of nitrogens with two attached hydrogens (primary N) is 1. The topological polar surface area (TPSA) is 202 Å². The summed E-state index contributed by atoms with van der Waals surface area (Å²) < 4.78 is 17.8. The molecule has 0 radical (unpaired) electrons. The molecule has 0 aliphatic heterocycles. The van der Waals surface area contributed by atoms with E-state index in [4.69, 9.17) is 49.3 Å². The van der Waals surface area contributed by atoms with E-state index in [2.05, 4.69) is 0 Å². The molecule has 0 aromatic carbocycles. The van der Waals surface area contributed by atoms with Gasteiger partial charge in [-0.15, -0.1) is 0 Å². The van der Waals surface area contributed by atoms with Crippen LogP contribution in [0.25, 0.3) is 0 Å². The zero-order valence-electron chi connectivity index (χ0n) is 8.63. The number of rotatable bonds is 1. The molecule has 0 aliphatic rings. The summed E-state index contributed by atoms with van der Waals surface area (Å²) in [5.41, 5.74) is 4.13. The van der Waals surface area contributed by atoms with E-state index in [1.165, 1.54) is 0 Å². The average Bonchev–Trinajstić information content (AvgIpc) is 1.77. The minimum atomic E-state index is -4.64. The standard InChI is InChI=1S/C4H11NO.2H3O4P/c1-3-4(2,5)6;2*1-5(2,3)4/h6H,3,5H2,1-2H3;2*(H3,1,2,3,4). The molecule has 0 amide bonds. The molecule has 10 nitrogen and oxygen atoms in total. The molecule has 0 saturated carbocycles. The average molecular weight is 285 g/mol. The van der Waals surface area contributed by atoms with Crippen molar-refractivity contribution in [3.63, 3.8) is 0 Å². The van der Waals surface area contributed by atoms with Crippen molar-refractivity contribution in [1.29, 1.82) is 0 Å². The second kappa shape index (κ2) is 8.26. The van der Waals surface area contributed by atoms with Gasteiger partial charge < -0.3 is 40.2 Å². The van der Waals surface area contributed by atoms with Gasteiger partial charge in [0.25, 0.3) is 0 Å². The van der Waals surface area contributed by atoms with Crippen molar-refractivity contribution in [2.45, 2.75) is 26.0 Å². The van der Waals surface area contributed by atoms with E-state index in [0.717, 1.165) is 0 Å². The van der Waals surface area contributed by atoms with Gasteiger partial charge in [-0.1, -0.05) is 6.92 Å². The van der Waals surface area contributed by atoms with Gasteiger partial charge in [0.1, 0.15) is 5.72 Å². The lowest BCUT2D eigenvalue weighted by atomic mass is 10.2. The lowest BCUT2D eigenvalue weighted by Gasteiger charge is -2.11. The lowest BCUT2D eigenvalue weighted by Crippen LogP contribution is -2.34. The van der Waals surface area contributed by atoms with E-state index < -0.39 is 21.4 Å². The summed E-state index contributed by atoms with van der Waals surface area (Å²) >= 11 is 0. The van der Waals surface area contributed by atoms with Gasteiger partial charge in [-0.25, -0.2) is 9.13 Å². The van der Waals surface area contributed by atoms with E-state index in [1.54, 1.807) is 6.92 Å². The Morgan fingerprint density at radius 2 is 1.06 bits per heavy atom. The Morgan fingerprint density at radius 1 is 1.00 bits per heavy atom. The number of phosphoric acid groups is 2. The summed E-state index contributed by atoms with van der Waals surface area (Å²) in [5.74, 6) is 0. The Morgan fingerprint density at radius 3 is 1.06 bits per heavy atom. The van der Waals surface area contributed by atoms with Crippen molar-refractivity contribution in [1.82, 2.24) is 0 Å². The summed E-state index contributed by atoms with van der Waals surface area (Å²) in [4.78, 5) is 43.1. The summed E-state index contributed by atoms with van der Waals surface area (Å²) in [6.45, 7) is 3.41. The second-order valence-corrected chi connectivity index (χ2v) is 4.79. The molecule has 0 aromatic rings. The normalized spacial score (nSPS) is 14.9. The van der Waals surface area contributed by atoms with E-state index in [1.807, 2.05) is 6.92 Å². The molecule has 102 valence electrons. The van der Waals surface area contributed by atoms with Crippen LogP contribution in [0, 0.1) is 0 Å². The highest BCUT2D eigenvalue weighted by Crippen LogP contribution is 2.26. The first-order chi connectivity index (χ1) is 6.56. The Bertz CT molecular complexity index is 212. The minimum Gasteiger partial charge on any atom is -0.376 e. The van der Waals surface area contributed by atoms with Crippen molar-refractivity contribution < 1.29 is 43.6 Å². The van der Waals surface area contributed by atoms with Gasteiger partial charge in [-0.3, -0.25) is 0 Å². The molecule has 0 aliphatic carbocycles. The predicted octanol–water partition coefficient (Wildman–Crippen LogP) is -1.79. The van der Waals surface area contributed by atoms with Crippen LogP contribution in [0.2, 0.25) is 0 Å². The summed E-state index contributed by atoms with van der Waals surface area (Å²) in [5, 5.41) is 8.60. The maximum Gasteiger partial charge on any atom is 0.466 e. The molecule has 1 unspecified atom stereocenters. The Kier molecular flexibility index (Phi) is 11.1. The Hall–Kier alpha value is 0.140. The molecule has 1 atom stereocenters. The third-order valence-electron chi connectivity index (χ3n) is 0.716. The van der Waals surface area contributed by atoms with Crippen molar-refractivity contribution >= 4 is 15.6 Å². The molecule has 12 heteroatoms. The zero-order valence-corrected chi connectivity index (χ0v) is 10.4. The summed E-state index contributed by atoms with van der Waals surface area (Å²) in [7, 11) is -9.28. The molecule has 0 heterocycles. The van der Waals surface area contributed by atoms with Crippen LogP contribution in [0.3, 0.4) is 0 Å². The molecule has 9 N–H and O–H groups in total. The molecule has 0 bridgehead atoms. The van der Waals surface area contributed by atoms with Gasteiger partial charge >= 0.3 is 15.6 Å². The predicted molar refractivity (Wildman–Crippen MR) is 53.6 cm³/mol. The SMILES string of the molecule is CCC(C)(N)O.O=P(O)(O)O.O=P(O)(O)O. The maximum absolute atomic E-state index is 8.88. The highest BCUT2D eigenvalue weighted by molar-refractivity contribution is 7.45. The monoisotopic (exact) mass is 285 g/mol. The van der Waals surface area contributed by atoms with Crippen LogP contribution in [0.4, 0.5) is 0 Å². The third kappa shape index (κ3) is 248. The van der Waals surface area contributed by atoms with E-state index in [0.29, 0.717) is 6.42 Å². The molecule has 0 saturated heterocycles. The van der Waals surface area contributed by atoms with E-state index in [9.17, 15) is 0 Å². The summed E-state index contributed by atoms with van der Waals surface area (Å²) in [6.07, 6.45) is 0.604. The zero-order chi connectivity index (χ0) is 14.2. The Labute approximate surface area is 91.8 Å². The molecule has 16 heavy (non-hydrogen) atoms. The molecule has 0 spiro atoms. The van der Waals surface area contributed by atoms with Crippen molar-refractivity contribution in [3.05, 3.63) is 0 Å². The van der Waals surface area contributed by atoms with Crippen LogP contribution in [-0.2, 0) is 9.13 Å². The largest absolute Gasteiger partial charge is 0.466 e. The first-order valence-electron chi connectivity index (χ1n) is 3.64. The quantitative estimate of drug-likeness (QED) is 0.200. The highest BCUT2D eigenvalue weighted by Gasteiger charge is 2.06. The molecular formula is C4H17NO9P2. The maximum atomic E-state index is 8.88. The van der Waals surface area contributed by atoms with Crippen molar-refractivity contribution in [2.75, 3.05) is 0 Å². The third-order valence-corrected chi connectivity index (χ3v) is 0.716. The number of aliphatic hydroxyl groups is 1. The first-order valence-corrected chi connectivity index (χ1v) is 6.77. The van der Waals surface area contributed by atoms with Crippen LogP contribution in [0.1, 0.15) is 20.3 Å². The van der Waals surface area contributed by atoms with Crippen molar-refractivity contribution in [2.24, 2.45) is 5.73 Å². The molecule has 0 aromatic heterocycles. The second-order valence-electron chi connectivity index (χ2n) is 2.74. The molecule has 0 fully saturated rings. The van der Waals surface area contributed by atoms with Gasteiger partial charge in [-0.2, -0.15) is 0 Å². The van der Waals surface area contributed by atoms with E-state index in [-0.39, 0.29) is 0 Å². The number of hydrogen-bond acceptors (Lipinski definition) is 4. The van der Waals surface area contributed by atoms with Crippen molar-refractivity contribution in [3.8, 4) is 0 Å². The smallest absolute Gasteiger partial charge is 0.376 e. The Balaban J connectivity index is -0.000000160. The van der Waals surface area contributed by atoms with Gasteiger partial charge in [-0.05, 0) is 13.3 Å². The van der Waals surface area contributed by atoms with Gasteiger partial charge in [0.15, 0.2) is 0 Å². The fraction of sp³-hybridized carbons (Fsp3) is 1.00. The van der Waals surface area contributed by atoms with Crippen LogP contribution in [0.15, 0.2) is 0 Å². The molecule has 0 rings (SSSR count). The summed E-state index contributed by atoms with van der Waals surface area (Å²) in [6, 6.07) is 0. The fourth-order valence-corrected chi connectivity index (χ4v) is 0. The highest BCUT2D eigenvalue weighted by atomic mass is 31.2. The van der Waals surface area contributed by atoms with Crippen LogP contribution >= 0.6 is 15.6 Å². The van der Waals surface area contributed by atoms with Crippen LogP contribution < -0.4 is 5.73 Å². The van der Waals surface area contributed by atoms with Gasteiger partial charge in [0, 0.05) is 0 Å². The molecular weight excluding hydrogens is 268 g/mol. The first kappa shape index (κ1) is 21.4. The lowest BCUT2D eigenvalue weighted by molar-refractivity contribution is 0.0632. The van der Waals surface area contributed by atoms with Gasteiger partial charge in [0.05, 0.1) is 0 Å². The minimum absolute atomic E-state index is 0.604. The van der Waals surface area contributed by atoms with Gasteiger partial charge in [0.2, 0.25) is 0 Å². The van der Waals surface area contributed by atoms with Crippen LogP contribution in [-0.4, -0.2) is 40.2 Å². The fourth-order valence-electron chi connectivity index (χ4n) is 0. The number of hydrogen-bond donors (Lipinski definition) is 8. The van der Waals surface area contributed by atoms with E-state index >= 15 is 0 Å². The van der Waals surface area contributed by atoms with Crippen LogP contribution in [0.5, 0.6) is 0 Å².